The number of aldehydes is 1. The van der Waals surface area contributed by atoms with Crippen LogP contribution in [0.15, 0.2) is 77.5 Å². The van der Waals surface area contributed by atoms with E-state index >= 15 is 0 Å². The number of nitrogens with one attached hydrogen (secondary N) is 2. The molecule has 3 aliphatic rings. The van der Waals surface area contributed by atoms with Gasteiger partial charge in [0.05, 0.1) is 87.8 Å². The van der Waals surface area contributed by atoms with Crippen LogP contribution in [0.1, 0.15) is 130 Å². The summed E-state index contributed by atoms with van der Waals surface area (Å²) in [6.45, 7) is 19.9. The summed E-state index contributed by atoms with van der Waals surface area (Å²) in [4.78, 5) is 54.0. The van der Waals surface area contributed by atoms with Crippen LogP contribution in [0.3, 0.4) is 0 Å². The zero-order valence-electron chi connectivity index (χ0n) is 46.1. The summed E-state index contributed by atoms with van der Waals surface area (Å²) >= 11 is 1.78. The normalized spacial score (nSPS) is 18.9. The highest BCUT2D eigenvalue weighted by Gasteiger charge is 2.31. The first-order valence-corrected chi connectivity index (χ1v) is 27.6. The third-order valence-corrected chi connectivity index (χ3v) is 14.7. The molecule has 5 unspecified atom stereocenters. The van der Waals surface area contributed by atoms with E-state index in [1.54, 1.807) is 11.8 Å². The second-order valence-corrected chi connectivity index (χ2v) is 21.7. The van der Waals surface area contributed by atoms with Crippen LogP contribution in [0.25, 0.3) is 5.57 Å². The van der Waals surface area contributed by atoms with Crippen molar-refractivity contribution in [2.45, 2.75) is 136 Å². The van der Waals surface area contributed by atoms with E-state index in [0.29, 0.717) is 68.9 Å². The molecule has 6 rings (SSSR count). The summed E-state index contributed by atoms with van der Waals surface area (Å²) in [6.07, 6.45) is 8.25. The standard InChI is InChI=1S/C25H30O3.C18H25N3OS.C16H31NO7/c1-17-14-18(2)22(19(3)15-17)23(25(26)27)24(21-12-8-5-9-13-21)28-16-20-10-6-4-7-11-20;1-12(20-18(22)16-5-4-10-21(16)3)14-6-8-15(9-7-14)17-13(2)19-11-23-17;1-16(2,3)14(12-19)17-15(20)13-24-11-10-23-9-8-22-7-6-21-5-4-18/h4,6-7,10-11,14-15,21H,5,8-9,12-13,16H2,1-3H3,(H,26,27);6-9,11-13,16-17H,4-5,10H2,1-3H3,(H,20,22);12,14,18H,4-11,13H2,1-3H3,(H,17,20)/b24-23+;;. The number of benzene rings is 3. The average Bonchev–Trinajstić information content (AvgIpc) is 4.03. The fraction of sp³-hybridized carbons (Fsp3) is 0.576. The van der Waals surface area contributed by atoms with Crippen LogP contribution in [0.5, 0.6) is 0 Å². The average molecular weight is 1060 g/mol. The number of ether oxygens (including phenoxy) is 5. The van der Waals surface area contributed by atoms with Crippen molar-refractivity contribution in [1.82, 2.24) is 15.5 Å². The highest BCUT2D eigenvalue weighted by atomic mass is 32.2. The van der Waals surface area contributed by atoms with E-state index in [4.69, 9.17) is 28.8 Å². The van der Waals surface area contributed by atoms with Gasteiger partial charge in [-0.05, 0) is 113 Å². The van der Waals surface area contributed by atoms with E-state index in [1.807, 2.05) is 84.5 Å². The molecular formula is C59H86N4O11S. The minimum atomic E-state index is -0.899. The number of aliphatic imine (C=N–C) groups is 1. The van der Waals surface area contributed by atoms with Crippen molar-refractivity contribution in [3.8, 4) is 0 Å². The molecule has 2 amide bonds. The van der Waals surface area contributed by atoms with Gasteiger partial charge in [0.1, 0.15) is 30.8 Å². The molecule has 75 heavy (non-hydrogen) atoms. The summed E-state index contributed by atoms with van der Waals surface area (Å²) < 4.78 is 27.0. The number of aliphatic hydroxyl groups excluding tert-OH is 1. The molecule has 16 heteroatoms. The second kappa shape index (κ2) is 33.3. The maximum atomic E-state index is 12.4. The number of aryl methyl sites for hydroxylation is 3. The molecule has 3 aromatic carbocycles. The molecule has 4 N–H and O–H groups in total. The van der Waals surface area contributed by atoms with Gasteiger partial charge in [0.25, 0.3) is 0 Å². The maximum absolute atomic E-state index is 12.4. The lowest BCUT2D eigenvalue weighted by molar-refractivity contribution is -0.131. The highest BCUT2D eigenvalue weighted by molar-refractivity contribution is 8.12. The number of aliphatic carboxylic acids is 1. The quantitative estimate of drug-likeness (QED) is 0.0272. The Morgan fingerprint density at radius 1 is 0.827 bits per heavy atom. The Labute approximate surface area is 450 Å². The number of carbonyl (C=O) groups excluding carboxylic acids is 3. The Kier molecular flexibility index (Phi) is 27.8. The lowest BCUT2D eigenvalue weighted by atomic mass is 9.83. The first-order valence-electron chi connectivity index (χ1n) is 26.6. The summed E-state index contributed by atoms with van der Waals surface area (Å²) in [5.41, 5.74) is 9.42. The molecule has 1 aliphatic carbocycles. The monoisotopic (exact) mass is 1060 g/mol. The zero-order valence-corrected chi connectivity index (χ0v) is 46.9. The maximum Gasteiger partial charge on any atom is 0.339 e. The molecule has 5 atom stereocenters. The van der Waals surface area contributed by atoms with Crippen molar-refractivity contribution in [3.05, 3.63) is 111 Å². The van der Waals surface area contributed by atoms with Gasteiger partial charge in [-0.25, -0.2) is 4.79 Å². The Bertz CT molecular complexity index is 2240. The molecule has 2 heterocycles. The number of likely N-dealkylation sites (N-methyl/N-ethyl adjacent to an activating group) is 1. The van der Waals surface area contributed by atoms with Crippen LogP contribution in [-0.2, 0) is 49.5 Å². The lowest BCUT2D eigenvalue weighted by Crippen LogP contribution is -2.46. The van der Waals surface area contributed by atoms with Gasteiger partial charge in [-0.15, -0.1) is 11.8 Å². The fourth-order valence-electron chi connectivity index (χ4n) is 9.32. The summed E-state index contributed by atoms with van der Waals surface area (Å²) in [5, 5.41) is 24.9. The van der Waals surface area contributed by atoms with E-state index < -0.39 is 12.0 Å². The van der Waals surface area contributed by atoms with Crippen molar-refractivity contribution < 1.29 is 53.1 Å². The van der Waals surface area contributed by atoms with Gasteiger partial charge in [0.15, 0.2) is 0 Å². The SMILES string of the molecule is CC(C)(C)C(C=O)NC(=O)COCCOCCOCCOCCO.CC(NC(=O)C1CCCN1C)c1ccc(C2SC=NC2C)cc1.Cc1cc(C)c(/C(C(=O)O)=C(\OCc2ccccc2)C2CCCCC2)c(C)c1. The van der Waals surface area contributed by atoms with E-state index in [1.165, 1.54) is 12.0 Å². The Morgan fingerprint density at radius 3 is 1.95 bits per heavy atom. The number of nitrogens with zero attached hydrogens (tertiary/aromatic N) is 2. The number of thioether (sulfide) groups is 1. The zero-order chi connectivity index (χ0) is 54.8. The number of hydrogen-bond donors (Lipinski definition) is 4. The van der Waals surface area contributed by atoms with E-state index in [2.05, 4.69) is 70.8 Å². The number of carboxylic acid groups (broad SMARTS) is 1. The molecule has 2 aliphatic heterocycles. The van der Waals surface area contributed by atoms with Crippen molar-refractivity contribution >= 4 is 47.0 Å². The smallest absolute Gasteiger partial charge is 0.339 e. The van der Waals surface area contributed by atoms with Crippen LogP contribution in [0, 0.1) is 32.1 Å². The highest BCUT2D eigenvalue weighted by Crippen LogP contribution is 2.39. The molecule has 0 radical (unpaired) electrons. The van der Waals surface area contributed by atoms with Gasteiger partial charge >= 0.3 is 5.97 Å². The number of carbonyl (C=O) groups is 4. The number of aliphatic hydroxyl groups is 1. The minimum absolute atomic E-state index is 0.00708. The van der Waals surface area contributed by atoms with E-state index in [9.17, 15) is 24.3 Å². The molecule has 0 bridgehead atoms. The molecule has 0 aromatic heterocycles. The molecule has 1 saturated carbocycles. The molecule has 0 spiro atoms. The number of likely N-dealkylation sites (tertiary alicyclic amines) is 1. The van der Waals surface area contributed by atoms with Crippen LogP contribution in [-0.4, -0.2) is 136 Å². The number of allylic oxidation sites excluding steroid dienone is 1. The van der Waals surface area contributed by atoms with Gasteiger partial charge in [-0.1, -0.05) is 112 Å². The second-order valence-electron chi connectivity index (χ2n) is 20.7. The number of hydrogen-bond acceptors (Lipinski definition) is 13. The Balaban J connectivity index is 0.000000245. The molecule has 3 aromatic rings. The molecular weight excluding hydrogens is 973 g/mol. The summed E-state index contributed by atoms with van der Waals surface area (Å²) in [5.74, 6) is -0.248. The predicted octanol–water partition coefficient (Wildman–Crippen LogP) is 9.14. The van der Waals surface area contributed by atoms with Crippen LogP contribution in [0.2, 0.25) is 0 Å². The Morgan fingerprint density at radius 2 is 1.43 bits per heavy atom. The lowest BCUT2D eigenvalue weighted by Gasteiger charge is -2.27. The molecule has 1 saturated heterocycles. The van der Waals surface area contributed by atoms with Gasteiger partial charge in [0.2, 0.25) is 11.8 Å². The number of amides is 2. The summed E-state index contributed by atoms with van der Waals surface area (Å²) in [6, 6.07) is 22.5. The van der Waals surface area contributed by atoms with Crippen molar-refractivity contribution in [3.63, 3.8) is 0 Å². The third-order valence-electron chi connectivity index (χ3n) is 13.5. The fourth-order valence-corrected chi connectivity index (χ4v) is 10.3. The topological polar surface area (TPSA) is 195 Å². The predicted molar refractivity (Wildman–Crippen MR) is 298 cm³/mol. The number of carboxylic acids is 1. The minimum Gasteiger partial charge on any atom is -0.492 e. The van der Waals surface area contributed by atoms with E-state index in [-0.39, 0.29) is 55.1 Å². The van der Waals surface area contributed by atoms with Crippen molar-refractivity contribution in [2.24, 2.45) is 16.3 Å². The molecule has 2 fully saturated rings. The molecule has 15 nitrogen and oxygen atoms in total. The van der Waals surface area contributed by atoms with Crippen molar-refractivity contribution in [1.29, 1.82) is 0 Å². The first-order chi connectivity index (χ1) is 35.9. The first kappa shape index (κ1) is 62.6. The third kappa shape index (κ3) is 21.5. The van der Waals surface area contributed by atoms with Crippen LogP contribution < -0.4 is 10.6 Å². The van der Waals surface area contributed by atoms with Crippen LogP contribution >= 0.6 is 11.8 Å². The molecule has 414 valence electrons. The van der Waals surface area contributed by atoms with Crippen LogP contribution in [0.4, 0.5) is 0 Å². The van der Waals surface area contributed by atoms with E-state index in [0.717, 1.165) is 84.7 Å². The Hall–Kier alpha value is -4.94. The summed E-state index contributed by atoms with van der Waals surface area (Å²) in [7, 11) is 2.03. The number of rotatable bonds is 25. The van der Waals surface area contributed by atoms with Crippen molar-refractivity contribution in [2.75, 3.05) is 73.1 Å². The van der Waals surface area contributed by atoms with Gasteiger partial charge in [0, 0.05) is 5.92 Å². The largest absolute Gasteiger partial charge is 0.492 e. The van der Waals surface area contributed by atoms with Gasteiger partial charge in [-0.2, -0.15) is 0 Å². The van der Waals surface area contributed by atoms with Gasteiger partial charge < -0.3 is 49.3 Å². The van der Waals surface area contributed by atoms with Gasteiger partial charge in [-0.3, -0.25) is 19.5 Å².